The van der Waals surface area contributed by atoms with Crippen molar-refractivity contribution in [1.82, 2.24) is 30.0 Å². The first-order valence-corrected chi connectivity index (χ1v) is 12.2. The smallest absolute Gasteiger partial charge is 0.376 e. The molecule has 8 nitrogen and oxygen atoms in total. The summed E-state index contributed by atoms with van der Waals surface area (Å²) in [5.74, 6) is -1.62. The zero-order valence-electron chi connectivity index (χ0n) is 19.5. The largest absolute Gasteiger partial charge is 0.451 e. The number of halogens is 3. The number of aromatic nitrogens is 5. The highest BCUT2D eigenvalue weighted by molar-refractivity contribution is 7.15. The average molecular weight is 517 g/mol. The summed E-state index contributed by atoms with van der Waals surface area (Å²) in [5.41, 5.74) is 2.16. The zero-order valence-corrected chi connectivity index (χ0v) is 20.4. The van der Waals surface area contributed by atoms with E-state index in [4.69, 9.17) is 4.74 Å². The molecule has 0 aliphatic carbocycles. The van der Waals surface area contributed by atoms with Gasteiger partial charge >= 0.3 is 6.18 Å². The van der Waals surface area contributed by atoms with Crippen LogP contribution >= 0.6 is 11.3 Å². The fourth-order valence-electron chi connectivity index (χ4n) is 4.12. The molecule has 12 heteroatoms. The molecular weight excluding hydrogens is 493 g/mol. The van der Waals surface area contributed by atoms with Crippen LogP contribution in [-0.2, 0) is 17.5 Å². The molecule has 0 saturated carbocycles. The molecule has 1 fully saturated rings. The van der Waals surface area contributed by atoms with Crippen LogP contribution in [0.1, 0.15) is 52.4 Å². The molecule has 1 aliphatic heterocycles. The Morgan fingerprint density at radius 1 is 1.25 bits per heavy atom. The fraction of sp³-hybridized carbons (Fsp3) is 0.375. The Morgan fingerprint density at radius 2 is 2.03 bits per heavy atom. The second-order valence-electron chi connectivity index (χ2n) is 8.75. The summed E-state index contributed by atoms with van der Waals surface area (Å²) in [7, 11) is 0. The predicted molar refractivity (Wildman–Crippen MR) is 127 cm³/mol. The van der Waals surface area contributed by atoms with Gasteiger partial charge in [-0.15, -0.1) is 11.3 Å². The Balaban J connectivity index is 1.44. The van der Waals surface area contributed by atoms with E-state index in [-0.39, 0.29) is 6.10 Å². The Kier molecular flexibility index (Phi) is 6.47. The van der Waals surface area contributed by atoms with Gasteiger partial charge in [0.1, 0.15) is 5.01 Å². The molecule has 4 aromatic rings. The first kappa shape index (κ1) is 24.3. The Morgan fingerprint density at radius 3 is 2.67 bits per heavy atom. The van der Waals surface area contributed by atoms with Crippen LogP contribution in [0.15, 0.2) is 36.9 Å². The van der Waals surface area contributed by atoms with Crippen molar-refractivity contribution >= 4 is 28.1 Å². The number of hydrogen-bond donors (Lipinski definition) is 1. The summed E-state index contributed by atoms with van der Waals surface area (Å²) < 4.78 is 45.9. The summed E-state index contributed by atoms with van der Waals surface area (Å²) in [6, 6.07) is 2.86. The summed E-state index contributed by atoms with van der Waals surface area (Å²) in [4.78, 5) is 25.5. The molecular formula is C24H23F3N6O2S. The lowest BCUT2D eigenvalue weighted by atomic mass is 10.1. The van der Waals surface area contributed by atoms with Gasteiger partial charge in [0.05, 0.1) is 24.2 Å². The van der Waals surface area contributed by atoms with E-state index >= 15 is 0 Å². The monoisotopic (exact) mass is 516 g/mol. The third kappa shape index (κ3) is 5.09. The highest BCUT2D eigenvalue weighted by Gasteiger charge is 2.34. The van der Waals surface area contributed by atoms with Gasteiger partial charge < -0.3 is 10.1 Å². The number of nitrogens with zero attached hydrogens (tertiary/aromatic N) is 5. The van der Waals surface area contributed by atoms with E-state index in [1.54, 1.807) is 25.3 Å². The molecule has 3 aromatic heterocycles. The maximum Gasteiger partial charge on any atom is 0.451 e. The molecule has 1 amide bonds. The van der Waals surface area contributed by atoms with E-state index < -0.39 is 23.9 Å². The van der Waals surface area contributed by atoms with Crippen molar-refractivity contribution < 1.29 is 22.7 Å². The third-order valence-electron chi connectivity index (χ3n) is 5.97. The number of thiazole rings is 1. The standard InChI is InChI=1S/C24H23F3N6O2S/c1-13-8-28-22(36-13)18-6-15(7-20-19(18)12-33(32-20)11-17-4-3-5-35-17)21(34)31-14(2)16-9-29-23(30-10-16)24(25,26)27/h6-10,12,14,17H,3-5,11H2,1-2H3,(H,31,34)/t14-,17?/m1/s1. The van der Waals surface area contributed by atoms with Crippen molar-refractivity contribution in [3.63, 3.8) is 0 Å². The molecule has 0 radical (unpaired) electrons. The number of nitrogens with one attached hydrogen (secondary N) is 1. The van der Waals surface area contributed by atoms with Crippen LogP contribution in [0, 0.1) is 6.92 Å². The van der Waals surface area contributed by atoms with Crippen LogP contribution in [0.4, 0.5) is 13.2 Å². The molecule has 1 N–H and O–H groups in total. The van der Waals surface area contributed by atoms with Crippen molar-refractivity contribution in [2.24, 2.45) is 0 Å². The molecule has 1 aliphatic rings. The van der Waals surface area contributed by atoms with Gasteiger partial charge in [0.25, 0.3) is 5.91 Å². The molecule has 4 heterocycles. The van der Waals surface area contributed by atoms with Crippen molar-refractivity contribution in [3.05, 3.63) is 58.7 Å². The van der Waals surface area contributed by atoms with E-state index in [9.17, 15) is 18.0 Å². The van der Waals surface area contributed by atoms with Crippen LogP contribution in [-0.4, -0.2) is 43.4 Å². The zero-order chi connectivity index (χ0) is 25.4. The number of aryl methyl sites for hydroxylation is 1. The van der Waals surface area contributed by atoms with E-state index in [1.165, 1.54) is 11.3 Å². The van der Waals surface area contributed by atoms with E-state index in [1.807, 2.05) is 17.8 Å². The van der Waals surface area contributed by atoms with Crippen LogP contribution in [0.3, 0.4) is 0 Å². The van der Waals surface area contributed by atoms with E-state index in [0.717, 1.165) is 52.7 Å². The normalized spacial score (nSPS) is 17.0. The van der Waals surface area contributed by atoms with Gasteiger partial charge in [-0.25, -0.2) is 15.0 Å². The summed E-state index contributed by atoms with van der Waals surface area (Å²) in [6.45, 7) is 4.99. The number of carbonyl (C=O) groups excluding carboxylic acids is 1. The number of rotatable bonds is 6. The summed E-state index contributed by atoms with van der Waals surface area (Å²) in [6.07, 6.45) is 3.36. The second-order valence-corrected chi connectivity index (χ2v) is 9.99. The molecule has 1 saturated heterocycles. The number of benzene rings is 1. The van der Waals surface area contributed by atoms with Gasteiger partial charge in [0, 0.05) is 58.3 Å². The van der Waals surface area contributed by atoms with Crippen LogP contribution < -0.4 is 5.32 Å². The Bertz CT molecular complexity index is 1390. The number of carbonyl (C=O) groups is 1. The van der Waals surface area contributed by atoms with Crippen molar-refractivity contribution in [1.29, 1.82) is 0 Å². The third-order valence-corrected chi connectivity index (χ3v) is 6.92. The SMILES string of the molecule is Cc1cnc(-c2cc(C(=O)N[C@H](C)c3cnc(C(F)(F)F)nc3)cc3nn(CC4CCCO4)cc23)s1. The average Bonchev–Trinajstić information content (AvgIpc) is 3.59. The number of amides is 1. The van der Waals surface area contributed by atoms with E-state index in [2.05, 4.69) is 25.4 Å². The van der Waals surface area contributed by atoms with Crippen LogP contribution in [0.5, 0.6) is 0 Å². The molecule has 2 atom stereocenters. The molecule has 1 unspecified atom stereocenters. The van der Waals surface area contributed by atoms with Gasteiger partial charge in [0.15, 0.2) is 0 Å². The maximum absolute atomic E-state index is 13.2. The topological polar surface area (TPSA) is 94.8 Å². The second kappa shape index (κ2) is 9.58. The summed E-state index contributed by atoms with van der Waals surface area (Å²) >= 11 is 1.52. The molecule has 36 heavy (non-hydrogen) atoms. The predicted octanol–water partition coefficient (Wildman–Crippen LogP) is 4.95. The number of ether oxygens (including phenoxy) is 1. The summed E-state index contributed by atoms with van der Waals surface area (Å²) in [5, 5.41) is 9.15. The highest BCUT2D eigenvalue weighted by Crippen LogP contribution is 2.33. The quantitative estimate of drug-likeness (QED) is 0.390. The van der Waals surface area contributed by atoms with Gasteiger partial charge in [-0.3, -0.25) is 9.48 Å². The Labute approximate surface area is 208 Å². The van der Waals surface area contributed by atoms with Gasteiger partial charge in [-0.2, -0.15) is 18.3 Å². The lowest BCUT2D eigenvalue weighted by molar-refractivity contribution is -0.145. The minimum Gasteiger partial charge on any atom is -0.376 e. The minimum absolute atomic E-state index is 0.111. The minimum atomic E-state index is -4.63. The van der Waals surface area contributed by atoms with Gasteiger partial charge in [0.2, 0.25) is 5.82 Å². The number of alkyl halides is 3. The lowest BCUT2D eigenvalue weighted by Gasteiger charge is -2.15. The first-order valence-electron chi connectivity index (χ1n) is 11.4. The number of fused-ring (bicyclic) bond motifs is 1. The molecule has 188 valence electrons. The van der Waals surface area contributed by atoms with Crippen molar-refractivity contribution in [2.75, 3.05) is 6.61 Å². The molecule has 0 bridgehead atoms. The van der Waals surface area contributed by atoms with Gasteiger partial charge in [-0.05, 0) is 38.8 Å². The van der Waals surface area contributed by atoms with Crippen LogP contribution in [0.2, 0.25) is 0 Å². The fourth-order valence-corrected chi connectivity index (χ4v) is 4.92. The maximum atomic E-state index is 13.2. The van der Waals surface area contributed by atoms with Gasteiger partial charge in [-0.1, -0.05) is 0 Å². The Hall–Kier alpha value is -3.38. The highest BCUT2D eigenvalue weighted by atomic mass is 32.1. The first-order chi connectivity index (χ1) is 17.2. The van der Waals surface area contributed by atoms with Crippen molar-refractivity contribution in [3.8, 4) is 10.6 Å². The molecule has 0 spiro atoms. The van der Waals surface area contributed by atoms with Crippen LogP contribution in [0.25, 0.3) is 21.5 Å². The van der Waals surface area contributed by atoms with Crippen molar-refractivity contribution in [2.45, 2.75) is 51.6 Å². The lowest BCUT2D eigenvalue weighted by Crippen LogP contribution is -2.27. The van der Waals surface area contributed by atoms with E-state index in [0.29, 0.717) is 23.2 Å². The molecule has 1 aromatic carbocycles. The number of hydrogen-bond acceptors (Lipinski definition) is 7. The molecule has 5 rings (SSSR count).